The van der Waals surface area contributed by atoms with Crippen LogP contribution in [0.25, 0.3) is 11.1 Å². The van der Waals surface area contributed by atoms with Gasteiger partial charge in [-0.25, -0.2) is 9.78 Å². The molecule has 0 aliphatic rings. The van der Waals surface area contributed by atoms with Crippen molar-refractivity contribution in [3.63, 3.8) is 0 Å². The molecule has 0 aliphatic carbocycles. The first-order chi connectivity index (χ1) is 10.3. The Morgan fingerprint density at radius 1 is 1.27 bits per heavy atom. The molecule has 22 heavy (non-hydrogen) atoms. The zero-order valence-electron chi connectivity index (χ0n) is 11.9. The van der Waals surface area contributed by atoms with E-state index in [1.54, 1.807) is 0 Å². The molecule has 1 aromatic carbocycles. The molecule has 0 saturated carbocycles. The van der Waals surface area contributed by atoms with Gasteiger partial charge in [-0.05, 0) is 18.2 Å². The fourth-order valence-electron chi connectivity index (χ4n) is 1.97. The van der Waals surface area contributed by atoms with E-state index in [0.29, 0.717) is 22.6 Å². The number of oxazole rings is 1. The van der Waals surface area contributed by atoms with E-state index in [1.165, 1.54) is 24.4 Å². The van der Waals surface area contributed by atoms with Crippen LogP contribution in [0.2, 0.25) is 0 Å². The number of aromatic nitrogens is 3. The molecule has 3 aromatic rings. The van der Waals surface area contributed by atoms with E-state index in [0.717, 1.165) is 0 Å². The van der Waals surface area contributed by atoms with Gasteiger partial charge in [0.2, 0.25) is 0 Å². The number of hydrogen-bond acceptors (Lipinski definition) is 5. The number of imidazole rings is 1. The lowest BCUT2D eigenvalue weighted by Gasteiger charge is -2.06. The normalized spacial score (nSPS) is 12.1. The number of H-pyrrole nitrogens is 2. The Kier molecular flexibility index (Phi) is 3.28. The lowest BCUT2D eigenvalue weighted by molar-refractivity contribution is 0.555. The van der Waals surface area contributed by atoms with Gasteiger partial charge in [0.25, 0.3) is 10.0 Å². The number of anilines is 1. The Hall–Kier alpha value is -2.55. The Labute approximate surface area is 125 Å². The van der Waals surface area contributed by atoms with Crippen LogP contribution in [-0.4, -0.2) is 23.4 Å². The summed E-state index contributed by atoms with van der Waals surface area (Å²) in [7, 11) is -3.78. The van der Waals surface area contributed by atoms with Crippen molar-refractivity contribution in [2.24, 2.45) is 0 Å². The Balaban J connectivity index is 1.92. The summed E-state index contributed by atoms with van der Waals surface area (Å²) in [6, 6.07) is 4.51. The number of rotatable bonds is 4. The van der Waals surface area contributed by atoms with Crippen molar-refractivity contribution in [2.75, 3.05) is 4.72 Å². The minimum atomic E-state index is -3.78. The molecule has 0 spiro atoms. The lowest BCUT2D eigenvalue weighted by Crippen LogP contribution is -2.13. The van der Waals surface area contributed by atoms with Gasteiger partial charge in [0, 0.05) is 5.92 Å². The quantitative estimate of drug-likeness (QED) is 0.676. The highest BCUT2D eigenvalue weighted by Gasteiger charge is 2.18. The van der Waals surface area contributed by atoms with Crippen LogP contribution in [0.5, 0.6) is 0 Å². The average molecular weight is 322 g/mol. The van der Waals surface area contributed by atoms with Crippen LogP contribution in [0, 0.1) is 0 Å². The third kappa shape index (κ3) is 2.62. The SMILES string of the molecule is CC(C)c1ncc(S(=O)(=O)Nc2ccc3oc(=O)[nH]c3c2)[nH]1. The van der Waals surface area contributed by atoms with Crippen LogP contribution in [-0.2, 0) is 10.0 Å². The molecule has 0 bridgehead atoms. The van der Waals surface area contributed by atoms with Gasteiger partial charge in [0.1, 0.15) is 5.82 Å². The number of benzene rings is 1. The summed E-state index contributed by atoms with van der Waals surface area (Å²) in [5, 5.41) is -0.0167. The largest absolute Gasteiger partial charge is 0.417 e. The summed E-state index contributed by atoms with van der Waals surface area (Å²) >= 11 is 0. The number of sulfonamides is 1. The van der Waals surface area contributed by atoms with Gasteiger partial charge in [0.15, 0.2) is 10.6 Å². The molecule has 3 rings (SSSR count). The van der Waals surface area contributed by atoms with Crippen LogP contribution in [0.15, 0.2) is 38.6 Å². The Bertz CT molecular complexity index is 981. The van der Waals surface area contributed by atoms with Crippen molar-refractivity contribution in [2.45, 2.75) is 24.8 Å². The maximum Gasteiger partial charge on any atom is 0.417 e. The van der Waals surface area contributed by atoms with Gasteiger partial charge >= 0.3 is 5.76 Å². The molecule has 0 fully saturated rings. The highest BCUT2D eigenvalue weighted by Crippen LogP contribution is 2.20. The van der Waals surface area contributed by atoms with E-state index < -0.39 is 15.8 Å². The molecule has 0 saturated heterocycles. The van der Waals surface area contributed by atoms with E-state index in [9.17, 15) is 13.2 Å². The summed E-state index contributed by atoms with van der Waals surface area (Å²) in [5.74, 6) is 0.0939. The highest BCUT2D eigenvalue weighted by atomic mass is 32.2. The molecule has 0 amide bonds. The molecule has 2 heterocycles. The van der Waals surface area contributed by atoms with Crippen molar-refractivity contribution < 1.29 is 12.8 Å². The second kappa shape index (κ2) is 5.02. The van der Waals surface area contributed by atoms with Crippen LogP contribution in [0.4, 0.5) is 5.69 Å². The predicted octanol–water partition coefficient (Wildman–Crippen LogP) is 1.77. The first-order valence-corrected chi connectivity index (χ1v) is 8.04. The lowest BCUT2D eigenvalue weighted by atomic mass is 10.2. The minimum Gasteiger partial charge on any atom is -0.408 e. The predicted molar refractivity (Wildman–Crippen MR) is 80.3 cm³/mol. The first-order valence-electron chi connectivity index (χ1n) is 6.56. The topological polar surface area (TPSA) is 121 Å². The van der Waals surface area contributed by atoms with E-state index in [-0.39, 0.29) is 10.9 Å². The smallest absolute Gasteiger partial charge is 0.408 e. The summed E-state index contributed by atoms with van der Waals surface area (Å²) < 4.78 is 31.9. The summed E-state index contributed by atoms with van der Waals surface area (Å²) in [5.41, 5.74) is 1.08. The fraction of sp³-hybridized carbons (Fsp3) is 0.231. The molecular weight excluding hydrogens is 308 g/mol. The second-order valence-electron chi connectivity index (χ2n) is 5.12. The second-order valence-corrected chi connectivity index (χ2v) is 6.77. The molecule has 116 valence electrons. The average Bonchev–Trinajstić information content (AvgIpc) is 3.03. The number of hydrogen-bond donors (Lipinski definition) is 3. The zero-order chi connectivity index (χ0) is 15.9. The zero-order valence-corrected chi connectivity index (χ0v) is 12.7. The standard InChI is InChI=1S/C13H14N4O4S/c1-7(2)12-14-6-11(16-12)22(19,20)17-8-3-4-10-9(5-8)15-13(18)21-10/h3-7,17H,1-2H3,(H,14,16)(H,15,18). The summed E-state index contributed by atoms with van der Waals surface area (Å²) in [4.78, 5) is 20.4. The van der Waals surface area contributed by atoms with E-state index in [2.05, 4.69) is 19.7 Å². The molecule has 0 atom stereocenters. The molecule has 3 N–H and O–H groups in total. The maximum absolute atomic E-state index is 12.3. The third-order valence-electron chi connectivity index (χ3n) is 3.08. The van der Waals surface area contributed by atoms with Crippen molar-refractivity contribution >= 4 is 26.8 Å². The van der Waals surface area contributed by atoms with Crippen molar-refractivity contribution in [3.05, 3.63) is 40.8 Å². The molecule has 0 radical (unpaired) electrons. The van der Waals surface area contributed by atoms with Gasteiger partial charge in [0.05, 0.1) is 17.4 Å². The van der Waals surface area contributed by atoms with Crippen molar-refractivity contribution in [1.29, 1.82) is 0 Å². The number of aromatic amines is 2. The number of nitrogens with one attached hydrogen (secondary N) is 3. The fourth-order valence-corrected chi connectivity index (χ4v) is 2.95. The van der Waals surface area contributed by atoms with Gasteiger partial charge in [-0.2, -0.15) is 8.42 Å². The molecule has 0 aliphatic heterocycles. The Morgan fingerprint density at radius 2 is 2.05 bits per heavy atom. The molecule has 2 aromatic heterocycles. The number of fused-ring (bicyclic) bond motifs is 1. The van der Waals surface area contributed by atoms with Crippen molar-refractivity contribution in [1.82, 2.24) is 15.0 Å². The first kappa shape index (κ1) is 14.4. The molecule has 9 heteroatoms. The van der Waals surface area contributed by atoms with E-state index >= 15 is 0 Å². The third-order valence-corrected chi connectivity index (χ3v) is 4.37. The monoisotopic (exact) mass is 322 g/mol. The van der Waals surface area contributed by atoms with Crippen LogP contribution in [0.1, 0.15) is 25.6 Å². The molecule has 0 unspecified atom stereocenters. The molecular formula is C13H14N4O4S. The van der Waals surface area contributed by atoms with Gasteiger partial charge < -0.3 is 9.40 Å². The van der Waals surface area contributed by atoms with Gasteiger partial charge in [-0.1, -0.05) is 13.8 Å². The minimum absolute atomic E-state index is 0.0167. The maximum atomic E-state index is 12.3. The van der Waals surface area contributed by atoms with Gasteiger partial charge in [-0.15, -0.1) is 0 Å². The number of nitrogens with zero attached hydrogens (tertiary/aromatic N) is 1. The highest BCUT2D eigenvalue weighted by molar-refractivity contribution is 7.92. The van der Waals surface area contributed by atoms with Crippen molar-refractivity contribution in [3.8, 4) is 0 Å². The summed E-state index contributed by atoms with van der Waals surface area (Å²) in [6.45, 7) is 3.82. The van der Waals surface area contributed by atoms with Crippen LogP contribution >= 0.6 is 0 Å². The van der Waals surface area contributed by atoms with E-state index in [1.807, 2.05) is 13.8 Å². The van der Waals surface area contributed by atoms with Gasteiger partial charge in [-0.3, -0.25) is 9.71 Å². The summed E-state index contributed by atoms with van der Waals surface area (Å²) in [6.07, 6.45) is 1.27. The molecule has 8 nitrogen and oxygen atoms in total. The van der Waals surface area contributed by atoms with Crippen LogP contribution in [0.3, 0.4) is 0 Å². The van der Waals surface area contributed by atoms with E-state index in [4.69, 9.17) is 4.42 Å². The Morgan fingerprint density at radius 3 is 2.73 bits per heavy atom. The van der Waals surface area contributed by atoms with Crippen LogP contribution < -0.4 is 10.5 Å².